The summed E-state index contributed by atoms with van der Waals surface area (Å²) in [5.41, 5.74) is 1.36. The molecule has 0 unspecified atom stereocenters. The summed E-state index contributed by atoms with van der Waals surface area (Å²) in [6.45, 7) is 3.17. The van der Waals surface area contributed by atoms with Gasteiger partial charge in [0.1, 0.15) is 0 Å². The first-order valence-electron chi connectivity index (χ1n) is 9.79. The standard InChI is InChI=1S/C21H37N/c1-2-3-4-5-6-7-8-9-10-11-12-13-14-15-16-17-21-18-19-22-20-21/h16-19H,2-15,20H2,1H3. The van der Waals surface area contributed by atoms with Crippen molar-refractivity contribution in [2.24, 2.45) is 4.99 Å². The van der Waals surface area contributed by atoms with Crippen molar-refractivity contribution in [2.75, 3.05) is 6.54 Å². The second kappa shape index (κ2) is 15.1. The van der Waals surface area contributed by atoms with Crippen LogP contribution in [-0.2, 0) is 0 Å². The Morgan fingerprint density at radius 3 is 1.86 bits per heavy atom. The summed E-state index contributed by atoms with van der Waals surface area (Å²) in [6, 6.07) is 0. The molecule has 0 aromatic heterocycles. The zero-order valence-corrected chi connectivity index (χ0v) is 14.9. The summed E-state index contributed by atoms with van der Waals surface area (Å²) in [5.74, 6) is 0. The van der Waals surface area contributed by atoms with Gasteiger partial charge in [-0.05, 0) is 24.5 Å². The van der Waals surface area contributed by atoms with Crippen LogP contribution in [0.25, 0.3) is 0 Å². The molecule has 0 aromatic carbocycles. The predicted octanol–water partition coefficient (Wildman–Crippen LogP) is 7.03. The van der Waals surface area contributed by atoms with Crippen molar-refractivity contribution in [1.82, 2.24) is 0 Å². The molecule has 0 saturated heterocycles. The summed E-state index contributed by atoms with van der Waals surface area (Å²) >= 11 is 0. The molecule has 1 heterocycles. The smallest absolute Gasteiger partial charge is 0.0640 e. The van der Waals surface area contributed by atoms with Crippen LogP contribution in [0.4, 0.5) is 0 Å². The minimum atomic E-state index is 0.884. The van der Waals surface area contributed by atoms with Crippen LogP contribution in [0.3, 0.4) is 0 Å². The van der Waals surface area contributed by atoms with E-state index in [1.807, 2.05) is 6.21 Å². The Kier molecular flexibility index (Phi) is 13.1. The predicted molar refractivity (Wildman–Crippen MR) is 101 cm³/mol. The zero-order chi connectivity index (χ0) is 15.7. The summed E-state index contributed by atoms with van der Waals surface area (Å²) in [6.07, 6.45) is 28.5. The molecule has 0 atom stereocenters. The normalized spacial score (nSPS) is 14.1. The molecule has 0 N–H and O–H groups in total. The van der Waals surface area contributed by atoms with Crippen LogP contribution in [0.1, 0.15) is 96.8 Å². The number of unbranched alkanes of at least 4 members (excludes halogenated alkanes) is 13. The highest BCUT2D eigenvalue weighted by Crippen LogP contribution is 2.13. The molecular formula is C21H37N. The maximum Gasteiger partial charge on any atom is 0.0640 e. The van der Waals surface area contributed by atoms with Crippen LogP contribution in [0.5, 0.6) is 0 Å². The third-order valence-corrected chi connectivity index (χ3v) is 4.47. The van der Waals surface area contributed by atoms with Crippen molar-refractivity contribution in [2.45, 2.75) is 96.8 Å². The van der Waals surface area contributed by atoms with Gasteiger partial charge in [-0.1, -0.05) is 96.1 Å². The second-order valence-electron chi connectivity index (χ2n) is 6.67. The van der Waals surface area contributed by atoms with Crippen LogP contribution in [-0.4, -0.2) is 12.8 Å². The highest BCUT2D eigenvalue weighted by Gasteiger charge is 1.95. The average molecular weight is 304 g/mol. The Morgan fingerprint density at radius 2 is 1.36 bits per heavy atom. The SMILES string of the molecule is CCCCCCCCCCCCCCCC=CC1=CC=NC1. The fourth-order valence-corrected chi connectivity index (χ4v) is 2.98. The first-order valence-corrected chi connectivity index (χ1v) is 9.79. The van der Waals surface area contributed by atoms with Gasteiger partial charge < -0.3 is 0 Å². The van der Waals surface area contributed by atoms with E-state index in [1.165, 1.54) is 95.5 Å². The van der Waals surface area contributed by atoms with Gasteiger partial charge in [0, 0.05) is 6.21 Å². The lowest BCUT2D eigenvalue weighted by atomic mass is 10.0. The van der Waals surface area contributed by atoms with Crippen molar-refractivity contribution in [3.8, 4) is 0 Å². The third-order valence-electron chi connectivity index (χ3n) is 4.47. The molecule has 22 heavy (non-hydrogen) atoms. The van der Waals surface area contributed by atoms with E-state index in [1.54, 1.807) is 0 Å². The molecule has 0 spiro atoms. The van der Waals surface area contributed by atoms with E-state index in [-0.39, 0.29) is 0 Å². The molecule has 0 aliphatic carbocycles. The van der Waals surface area contributed by atoms with E-state index >= 15 is 0 Å². The molecule has 0 fully saturated rings. The topological polar surface area (TPSA) is 12.4 Å². The summed E-state index contributed by atoms with van der Waals surface area (Å²) in [4.78, 5) is 4.18. The van der Waals surface area contributed by atoms with Crippen molar-refractivity contribution in [3.63, 3.8) is 0 Å². The molecule has 0 amide bonds. The second-order valence-corrected chi connectivity index (χ2v) is 6.67. The molecule has 1 nitrogen and oxygen atoms in total. The summed E-state index contributed by atoms with van der Waals surface area (Å²) < 4.78 is 0. The summed E-state index contributed by atoms with van der Waals surface area (Å²) in [7, 11) is 0. The number of nitrogens with zero attached hydrogens (tertiary/aromatic N) is 1. The van der Waals surface area contributed by atoms with Gasteiger partial charge >= 0.3 is 0 Å². The van der Waals surface area contributed by atoms with Gasteiger partial charge in [-0.2, -0.15) is 0 Å². The van der Waals surface area contributed by atoms with Crippen LogP contribution < -0.4 is 0 Å². The van der Waals surface area contributed by atoms with Gasteiger partial charge in [-0.15, -0.1) is 0 Å². The van der Waals surface area contributed by atoms with Gasteiger partial charge in [-0.25, -0.2) is 0 Å². The first-order chi connectivity index (χ1) is 10.9. The number of allylic oxidation sites excluding steroid dienone is 2. The van der Waals surface area contributed by atoms with Crippen molar-refractivity contribution >= 4 is 6.21 Å². The van der Waals surface area contributed by atoms with E-state index < -0.39 is 0 Å². The Bertz CT molecular complexity index is 325. The molecule has 1 aliphatic rings. The van der Waals surface area contributed by atoms with E-state index in [2.05, 4.69) is 30.1 Å². The number of hydrogen-bond donors (Lipinski definition) is 0. The van der Waals surface area contributed by atoms with Gasteiger partial charge in [0.2, 0.25) is 0 Å². The van der Waals surface area contributed by atoms with E-state index in [9.17, 15) is 0 Å². The van der Waals surface area contributed by atoms with Crippen LogP contribution in [0.2, 0.25) is 0 Å². The highest BCUT2D eigenvalue weighted by molar-refractivity contribution is 5.76. The van der Waals surface area contributed by atoms with Crippen molar-refractivity contribution in [1.29, 1.82) is 0 Å². The maximum absolute atomic E-state index is 4.18. The molecule has 126 valence electrons. The van der Waals surface area contributed by atoms with Gasteiger partial charge in [0.15, 0.2) is 0 Å². The van der Waals surface area contributed by atoms with E-state index in [4.69, 9.17) is 0 Å². The van der Waals surface area contributed by atoms with Gasteiger partial charge in [0.05, 0.1) is 6.54 Å². The fourth-order valence-electron chi connectivity index (χ4n) is 2.98. The minimum absolute atomic E-state index is 0.884. The molecule has 1 heteroatoms. The van der Waals surface area contributed by atoms with Crippen LogP contribution in [0.15, 0.2) is 28.8 Å². The Hall–Kier alpha value is -0.850. The van der Waals surface area contributed by atoms with Crippen LogP contribution in [0, 0.1) is 0 Å². The lowest BCUT2D eigenvalue weighted by Crippen LogP contribution is -1.83. The van der Waals surface area contributed by atoms with E-state index in [0.29, 0.717) is 0 Å². The van der Waals surface area contributed by atoms with Gasteiger partial charge in [0.25, 0.3) is 0 Å². The lowest BCUT2D eigenvalue weighted by molar-refractivity contribution is 0.540. The quantitative estimate of drug-likeness (QED) is 0.288. The molecule has 0 bridgehead atoms. The van der Waals surface area contributed by atoms with Crippen molar-refractivity contribution in [3.05, 3.63) is 23.8 Å². The number of hydrogen-bond acceptors (Lipinski definition) is 1. The number of aliphatic imine (C=N–C) groups is 1. The molecule has 0 aromatic rings. The molecule has 0 radical (unpaired) electrons. The largest absolute Gasteiger partial charge is 0.288 e. The Labute approximate surface area is 139 Å². The molecular weight excluding hydrogens is 266 g/mol. The molecule has 1 rings (SSSR count). The zero-order valence-electron chi connectivity index (χ0n) is 14.9. The van der Waals surface area contributed by atoms with E-state index in [0.717, 1.165) is 6.54 Å². The highest BCUT2D eigenvalue weighted by atomic mass is 14.7. The average Bonchev–Trinajstić information content (AvgIpc) is 3.04. The van der Waals surface area contributed by atoms with Gasteiger partial charge in [-0.3, -0.25) is 4.99 Å². The molecule has 1 aliphatic heterocycles. The first kappa shape index (κ1) is 19.2. The Morgan fingerprint density at radius 1 is 0.818 bits per heavy atom. The monoisotopic (exact) mass is 303 g/mol. The van der Waals surface area contributed by atoms with Crippen LogP contribution >= 0.6 is 0 Å². The Balaban J connectivity index is 1.71. The summed E-state index contributed by atoms with van der Waals surface area (Å²) in [5, 5.41) is 0. The lowest BCUT2D eigenvalue weighted by Gasteiger charge is -2.02. The maximum atomic E-state index is 4.18. The number of rotatable bonds is 15. The third kappa shape index (κ3) is 11.8. The fraction of sp³-hybridized carbons (Fsp3) is 0.762. The van der Waals surface area contributed by atoms with Crippen molar-refractivity contribution < 1.29 is 0 Å². The molecule has 0 saturated carbocycles. The minimum Gasteiger partial charge on any atom is -0.288 e.